The Labute approximate surface area is 164 Å². The normalized spacial score (nSPS) is 18.0. The largest absolute Gasteiger partial charge is 0.353 e. The number of rotatable bonds is 5. The second kappa shape index (κ2) is 8.10. The number of carbonyl (C=O) groups is 2. The van der Waals surface area contributed by atoms with Gasteiger partial charge in [0, 0.05) is 18.7 Å². The molecule has 1 aromatic heterocycles. The van der Waals surface area contributed by atoms with E-state index in [1.54, 1.807) is 0 Å². The Kier molecular flexibility index (Phi) is 5.79. The minimum Gasteiger partial charge on any atom is -0.353 e. The molecule has 8 nitrogen and oxygen atoms in total. The summed E-state index contributed by atoms with van der Waals surface area (Å²) >= 11 is 0. The first-order chi connectivity index (χ1) is 13.2. The van der Waals surface area contributed by atoms with Crippen LogP contribution in [0.5, 0.6) is 0 Å². The van der Waals surface area contributed by atoms with E-state index in [0.29, 0.717) is 18.3 Å². The van der Waals surface area contributed by atoms with Crippen molar-refractivity contribution in [1.82, 2.24) is 25.7 Å². The second-order valence-electron chi connectivity index (χ2n) is 8.11. The molecule has 0 radical (unpaired) electrons. The standard InChI is InChI=1S/C20H27N5O3/c1-20(2,3)14-7-5-13(6-8-14)19-23-16(24-28-19)12-22-17(26)11-15-18(27)21-9-10-25(15)4/h5-8,15H,9-12H2,1-4H3,(H,21,27)(H,22,26). The van der Waals surface area contributed by atoms with Gasteiger partial charge in [-0.15, -0.1) is 0 Å². The second-order valence-corrected chi connectivity index (χ2v) is 8.11. The lowest BCUT2D eigenvalue weighted by molar-refractivity contribution is -0.133. The molecule has 8 heteroatoms. The maximum Gasteiger partial charge on any atom is 0.257 e. The summed E-state index contributed by atoms with van der Waals surface area (Å²) in [4.78, 5) is 30.3. The van der Waals surface area contributed by atoms with E-state index in [1.807, 2.05) is 36.2 Å². The number of carbonyl (C=O) groups excluding carboxylic acids is 2. The number of benzene rings is 1. The topological polar surface area (TPSA) is 100 Å². The van der Waals surface area contributed by atoms with Crippen molar-refractivity contribution in [1.29, 1.82) is 0 Å². The Bertz CT molecular complexity index is 838. The molecule has 0 bridgehead atoms. The molecule has 0 spiro atoms. The van der Waals surface area contributed by atoms with Gasteiger partial charge in [-0.3, -0.25) is 14.5 Å². The first-order valence-electron chi connectivity index (χ1n) is 9.42. The maximum absolute atomic E-state index is 12.2. The van der Waals surface area contributed by atoms with Gasteiger partial charge >= 0.3 is 0 Å². The summed E-state index contributed by atoms with van der Waals surface area (Å²) in [6.07, 6.45) is 0.0985. The van der Waals surface area contributed by atoms with Gasteiger partial charge in [-0.25, -0.2) is 0 Å². The molecule has 0 aliphatic carbocycles. The predicted octanol–water partition coefficient (Wildman–Crippen LogP) is 1.47. The quantitative estimate of drug-likeness (QED) is 0.808. The average molecular weight is 385 g/mol. The maximum atomic E-state index is 12.2. The van der Waals surface area contributed by atoms with Crippen molar-refractivity contribution >= 4 is 11.8 Å². The van der Waals surface area contributed by atoms with E-state index in [-0.39, 0.29) is 30.2 Å². The number of nitrogens with zero attached hydrogens (tertiary/aromatic N) is 3. The van der Waals surface area contributed by atoms with Gasteiger partial charge in [0.1, 0.15) is 0 Å². The lowest BCUT2D eigenvalue weighted by Gasteiger charge is -2.31. The lowest BCUT2D eigenvalue weighted by atomic mass is 9.87. The third-order valence-electron chi connectivity index (χ3n) is 4.89. The summed E-state index contributed by atoms with van der Waals surface area (Å²) in [5.41, 5.74) is 2.13. The number of amides is 2. The van der Waals surface area contributed by atoms with Gasteiger partial charge in [-0.05, 0) is 30.2 Å². The van der Waals surface area contributed by atoms with E-state index in [1.165, 1.54) is 5.56 Å². The molecular weight excluding hydrogens is 358 g/mol. The Balaban J connectivity index is 1.56. The molecule has 2 heterocycles. The van der Waals surface area contributed by atoms with Crippen LogP contribution in [0, 0.1) is 0 Å². The molecule has 2 aromatic rings. The zero-order chi connectivity index (χ0) is 20.3. The third kappa shape index (κ3) is 4.75. The number of nitrogens with one attached hydrogen (secondary N) is 2. The summed E-state index contributed by atoms with van der Waals surface area (Å²) in [5, 5.41) is 9.45. The fourth-order valence-electron chi connectivity index (χ4n) is 3.06. The molecular formula is C20H27N5O3. The van der Waals surface area contributed by atoms with Crippen molar-refractivity contribution in [2.24, 2.45) is 0 Å². The third-order valence-corrected chi connectivity index (χ3v) is 4.89. The summed E-state index contributed by atoms with van der Waals surface area (Å²) in [7, 11) is 1.84. The molecule has 1 aliphatic rings. The van der Waals surface area contributed by atoms with Crippen LogP contribution < -0.4 is 10.6 Å². The molecule has 150 valence electrons. The Morgan fingerprint density at radius 2 is 2.04 bits per heavy atom. The van der Waals surface area contributed by atoms with Crippen molar-refractivity contribution in [3.63, 3.8) is 0 Å². The van der Waals surface area contributed by atoms with Gasteiger partial charge in [0.15, 0.2) is 5.82 Å². The van der Waals surface area contributed by atoms with Crippen molar-refractivity contribution in [3.05, 3.63) is 35.7 Å². The molecule has 1 atom stereocenters. The fourth-order valence-corrected chi connectivity index (χ4v) is 3.06. The van der Waals surface area contributed by atoms with Crippen molar-refractivity contribution in [2.75, 3.05) is 20.1 Å². The molecule has 1 unspecified atom stereocenters. The van der Waals surface area contributed by atoms with Crippen LogP contribution in [-0.4, -0.2) is 53.0 Å². The number of likely N-dealkylation sites (N-methyl/N-ethyl adjacent to an activating group) is 1. The van der Waals surface area contributed by atoms with Gasteiger partial charge in [0.05, 0.1) is 19.0 Å². The number of aromatic nitrogens is 2. The molecule has 3 rings (SSSR count). The molecule has 0 saturated carbocycles. The van der Waals surface area contributed by atoms with Crippen LogP contribution in [0.3, 0.4) is 0 Å². The van der Waals surface area contributed by atoms with Crippen molar-refractivity contribution in [3.8, 4) is 11.5 Å². The van der Waals surface area contributed by atoms with Crippen LogP contribution in [-0.2, 0) is 21.5 Å². The first kappa shape index (κ1) is 20.0. The number of piperazine rings is 1. The average Bonchev–Trinajstić information content (AvgIpc) is 3.12. The molecule has 28 heavy (non-hydrogen) atoms. The molecule has 1 aromatic carbocycles. The molecule has 2 amide bonds. The Hall–Kier alpha value is -2.74. The summed E-state index contributed by atoms with van der Waals surface area (Å²) < 4.78 is 5.31. The predicted molar refractivity (Wildman–Crippen MR) is 104 cm³/mol. The van der Waals surface area contributed by atoms with Crippen LogP contribution in [0.1, 0.15) is 38.6 Å². The van der Waals surface area contributed by atoms with Gasteiger partial charge in [-0.2, -0.15) is 4.98 Å². The van der Waals surface area contributed by atoms with Crippen LogP contribution in [0.15, 0.2) is 28.8 Å². The van der Waals surface area contributed by atoms with E-state index in [4.69, 9.17) is 4.52 Å². The zero-order valence-electron chi connectivity index (χ0n) is 16.8. The van der Waals surface area contributed by atoms with E-state index < -0.39 is 6.04 Å². The van der Waals surface area contributed by atoms with Crippen LogP contribution in [0.4, 0.5) is 0 Å². The van der Waals surface area contributed by atoms with E-state index in [2.05, 4.69) is 41.5 Å². The van der Waals surface area contributed by atoms with Gasteiger partial charge in [0.25, 0.3) is 5.89 Å². The molecule has 2 N–H and O–H groups in total. The number of hydrogen-bond donors (Lipinski definition) is 2. The smallest absolute Gasteiger partial charge is 0.257 e. The minimum absolute atomic E-state index is 0.0755. The van der Waals surface area contributed by atoms with Crippen LogP contribution in [0.2, 0.25) is 0 Å². The van der Waals surface area contributed by atoms with Gasteiger partial charge in [0.2, 0.25) is 11.8 Å². The number of hydrogen-bond acceptors (Lipinski definition) is 6. The monoisotopic (exact) mass is 385 g/mol. The fraction of sp³-hybridized carbons (Fsp3) is 0.500. The van der Waals surface area contributed by atoms with E-state index in [0.717, 1.165) is 12.1 Å². The molecule has 1 saturated heterocycles. The van der Waals surface area contributed by atoms with E-state index >= 15 is 0 Å². The Morgan fingerprint density at radius 3 is 2.68 bits per heavy atom. The van der Waals surface area contributed by atoms with Gasteiger partial charge in [-0.1, -0.05) is 38.1 Å². The SMILES string of the molecule is CN1CCNC(=O)C1CC(=O)NCc1noc(-c2ccc(C(C)(C)C)cc2)n1. The van der Waals surface area contributed by atoms with Crippen molar-refractivity contribution < 1.29 is 14.1 Å². The first-order valence-corrected chi connectivity index (χ1v) is 9.42. The highest BCUT2D eigenvalue weighted by Crippen LogP contribution is 2.25. The Morgan fingerprint density at radius 1 is 1.32 bits per heavy atom. The molecule has 1 fully saturated rings. The highest BCUT2D eigenvalue weighted by atomic mass is 16.5. The van der Waals surface area contributed by atoms with Crippen LogP contribution >= 0.6 is 0 Å². The molecule has 1 aliphatic heterocycles. The summed E-state index contributed by atoms with van der Waals surface area (Å²) in [5.74, 6) is 0.458. The summed E-state index contributed by atoms with van der Waals surface area (Å²) in [6.45, 7) is 7.96. The minimum atomic E-state index is -0.448. The highest BCUT2D eigenvalue weighted by Gasteiger charge is 2.29. The van der Waals surface area contributed by atoms with Crippen molar-refractivity contribution in [2.45, 2.75) is 45.2 Å². The highest BCUT2D eigenvalue weighted by molar-refractivity contribution is 5.88. The van der Waals surface area contributed by atoms with Gasteiger partial charge < -0.3 is 15.2 Å². The van der Waals surface area contributed by atoms with Crippen LogP contribution in [0.25, 0.3) is 11.5 Å². The summed E-state index contributed by atoms with van der Waals surface area (Å²) in [6, 6.07) is 7.55. The van der Waals surface area contributed by atoms with E-state index in [9.17, 15) is 9.59 Å². The zero-order valence-corrected chi connectivity index (χ0v) is 16.8. The lowest BCUT2D eigenvalue weighted by Crippen LogP contribution is -2.54.